The van der Waals surface area contributed by atoms with Gasteiger partial charge in [0.2, 0.25) is 0 Å². The van der Waals surface area contributed by atoms with Crippen molar-refractivity contribution in [1.82, 2.24) is 0 Å². The van der Waals surface area contributed by atoms with Crippen LogP contribution in [0.1, 0.15) is 46.1 Å². The molecule has 1 heteroatoms. The van der Waals surface area contributed by atoms with Crippen LogP contribution >= 0.6 is 0 Å². The normalized spacial score (nSPS) is 29.7. The summed E-state index contributed by atoms with van der Waals surface area (Å²) in [5.74, 6) is 2.49. The predicted octanol–water partition coefficient (Wildman–Crippen LogP) is 5.00. The Balaban J connectivity index is 1.64. The highest BCUT2D eigenvalue weighted by molar-refractivity contribution is 5.46. The minimum Gasteiger partial charge on any atom is -0.382 e. The number of anilines is 1. The third-order valence-electron chi connectivity index (χ3n) is 5.12. The van der Waals surface area contributed by atoms with Crippen LogP contribution in [-0.4, -0.2) is 6.04 Å². The number of nitrogens with one attached hydrogen (secondary N) is 1. The quantitative estimate of drug-likeness (QED) is 0.762. The van der Waals surface area contributed by atoms with Gasteiger partial charge in [0.15, 0.2) is 0 Å². The molecule has 2 aliphatic carbocycles. The smallest absolute Gasteiger partial charge is 0.0342 e. The van der Waals surface area contributed by atoms with Crippen molar-refractivity contribution in [2.75, 3.05) is 5.32 Å². The predicted molar refractivity (Wildman–Crippen MR) is 87.1 cm³/mol. The van der Waals surface area contributed by atoms with Gasteiger partial charge in [0.05, 0.1) is 0 Å². The molecule has 4 unspecified atom stereocenters. The SMILES string of the molecule is CC(Nc1ccc(C(C)(C)C)cc1)C1CC2C=CC1C2. The Morgan fingerprint density at radius 2 is 1.75 bits per heavy atom. The molecule has 0 saturated heterocycles. The van der Waals surface area contributed by atoms with E-state index in [1.165, 1.54) is 24.1 Å². The minimum atomic E-state index is 0.236. The fourth-order valence-electron chi connectivity index (χ4n) is 3.83. The second kappa shape index (κ2) is 4.95. The van der Waals surface area contributed by atoms with Crippen LogP contribution in [0.5, 0.6) is 0 Å². The Morgan fingerprint density at radius 1 is 1.05 bits per heavy atom. The minimum absolute atomic E-state index is 0.236. The van der Waals surface area contributed by atoms with Gasteiger partial charge in [0.1, 0.15) is 0 Å². The van der Waals surface area contributed by atoms with Crippen LogP contribution in [0.3, 0.4) is 0 Å². The molecular weight excluding hydrogens is 242 g/mol. The molecule has 0 amide bonds. The van der Waals surface area contributed by atoms with Gasteiger partial charge < -0.3 is 5.32 Å². The van der Waals surface area contributed by atoms with Gasteiger partial charge in [-0.25, -0.2) is 0 Å². The Labute approximate surface area is 123 Å². The van der Waals surface area contributed by atoms with Gasteiger partial charge in [-0.15, -0.1) is 0 Å². The molecule has 2 bridgehead atoms. The van der Waals surface area contributed by atoms with Crippen molar-refractivity contribution in [1.29, 1.82) is 0 Å². The van der Waals surface area contributed by atoms with Crippen LogP contribution < -0.4 is 5.32 Å². The highest BCUT2D eigenvalue weighted by Gasteiger charge is 2.38. The molecular formula is C19H27N. The van der Waals surface area contributed by atoms with Crippen LogP contribution in [0, 0.1) is 17.8 Å². The summed E-state index contributed by atoms with van der Waals surface area (Å²) < 4.78 is 0. The molecule has 1 saturated carbocycles. The van der Waals surface area contributed by atoms with Crippen LogP contribution in [-0.2, 0) is 5.41 Å². The zero-order chi connectivity index (χ0) is 14.3. The molecule has 1 nitrogen and oxygen atoms in total. The van der Waals surface area contributed by atoms with E-state index in [9.17, 15) is 0 Å². The first-order valence-corrected chi connectivity index (χ1v) is 7.99. The first-order chi connectivity index (χ1) is 9.43. The van der Waals surface area contributed by atoms with Crippen molar-refractivity contribution in [2.24, 2.45) is 17.8 Å². The lowest BCUT2D eigenvalue weighted by Gasteiger charge is -2.27. The Hall–Kier alpha value is -1.24. The lowest BCUT2D eigenvalue weighted by atomic mass is 9.86. The second-order valence-electron chi connectivity index (χ2n) is 7.70. The third-order valence-corrected chi connectivity index (χ3v) is 5.12. The van der Waals surface area contributed by atoms with Crippen molar-refractivity contribution >= 4 is 5.69 Å². The van der Waals surface area contributed by atoms with E-state index < -0.39 is 0 Å². The zero-order valence-electron chi connectivity index (χ0n) is 13.2. The van der Waals surface area contributed by atoms with Crippen LogP contribution in [0.15, 0.2) is 36.4 Å². The largest absolute Gasteiger partial charge is 0.382 e. The summed E-state index contributed by atoms with van der Waals surface area (Å²) in [6.07, 6.45) is 7.63. The molecule has 108 valence electrons. The molecule has 4 atom stereocenters. The first kappa shape index (κ1) is 13.7. The Morgan fingerprint density at radius 3 is 2.25 bits per heavy atom. The van der Waals surface area contributed by atoms with Crippen LogP contribution in [0.25, 0.3) is 0 Å². The van der Waals surface area contributed by atoms with Crippen molar-refractivity contribution in [3.05, 3.63) is 42.0 Å². The summed E-state index contributed by atoms with van der Waals surface area (Å²) in [6, 6.07) is 9.56. The van der Waals surface area contributed by atoms with E-state index in [0.717, 1.165) is 17.8 Å². The molecule has 1 aromatic carbocycles. The van der Waals surface area contributed by atoms with Gasteiger partial charge in [-0.2, -0.15) is 0 Å². The van der Waals surface area contributed by atoms with Crippen LogP contribution in [0.4, 0.5) is 5.69 Å². The molecule has 0 heterocycles. The van der Waals surface area contributed by atoms with Crippen LogP contribution in [0.2, 0.25) is 0 Å². The number of rotatable bonds is 3. The van der Waals surface area contributed by atoms with Gasteiger partial charge in [-0.1, -0.05) is 45.1 Å². The number of fused-ring (bicyclic) bond motifs is 2. The average Bonchev–Trinajstić information content (AvgIpc) is 3.00. The van der Waals surface area contributed by atoms with E-state index in [-0.39, 0.29) is 5.41 Å². The summed E-state index contributed by atoms with van der Waals surface area (Å²) >= 11 is 0. The van der Waals surface area contributed by atoms with Crippen molar-refractivity contribution in [2.45, 2.75) is 52.0 Å². The fraction of sp³-hybridized carbons (Fsp3) is 0.579. The molecule has 0 radical (unpaired) electrons. The summed E-state index contributed by atoms with van der Waals surface area (Å²) in [6.45, 7) is 9.13. The molecule has 1 fully saturated rings. The van der Waals surface area contributed by atoms with E-state index in [1.54, 1.807) is 0 Å². The Bertz CT molecular complexity index is 491. The number of benzene rings is 1. The first-order valence-electron chi connectivity index (χ1n) is 7.99. The molecule has 2 aliphatic rings. The molecule has 0 aromatic heterocycles. The van der Waals surface area contributed by atoms with Gasteiger partial charge >= 0.3 is 0 Å². The molecule has 3 rings (SSSR count). The molecule has 20 heavy (non-hydrogen) atoms. The summed E-state index contributed by atoms with van der Waals surface area (Å²) in [5, 5.41) is 3.71. The van der Waals surface area contributed by atoms with Gasteiger partial charge in [-0.05, 0) is 60.6 Å². The van der Waals surface area contributed by atoms with Gasteiger partial charge in [0, 0.05) is 11.7 Å². The summed E-state index contributed by atoms with van der Waals surface area (Å²) in [7, 11) is 0. The lowest BCUT2D eigenvalue weighted by Crippen LogP contribution is -2.28. The molecule has 1 N–H and O–H groups in total. The third kappa shape index (κ3) is 2.63. The Kier molecular flexibility index (Phi) is 3.40. The highest BCUT2D eigenvalue weighted by Crippen LogP contribution is 2.45. The van der Waals surface area contributed by atoms with Crippen molar-refractivity contribution in [3.8, 4) is 0 Å². The number of allylic oxidation sites excluding steroid dienone is 2. The van der Waals surface area contributed by atoms with Crippen molar-refractivity contribution in [3.63, 3.8) is 0 Å². The molecule has 1 aromatic rings. The van der Waals surface area contributed by atoms with E-state index in [1.807, 2.05) is 0 Å². The maximum absolute atomic E-state index is 3.71. The summed E-state index contributed by atoms with van der Waals surface area (Å²) in [5.41, 5.74) is 2.90. The standard InChI is InChI=1S/C19H27N/c1-13(18-12-14-5-6-15(18)11-14)20-17-9-7-16(8-10-17)19(2,3)4/h5-10,13-15,18,20H,11-12H2,1-4H3. The summed E-state index contributed by atoms with van der Waals surface area (Å²) in [4.78, 5) is 0. The van der Waals surface area contributed by atoms with E-state index in [2.05, 4.69) is 69.4 Å². The van der Waals surface area contributed by atoms with Crippen molar-refractivity contribution < 1.29 is 0 Å². The topological polar surface area (TPSA) is 12.0 Å². The molecule has 0 aliphatic heterocycles. The maximum atomic E-state index is 3.71. The lowest BCUT2D eigenvalue weighted by molar-refractivity contribution is 0.400. The number of hydrogen-bond donors (Lipinski definition) is 1. The van der Waals surface area contributed by atoms with E-state index in [0.29, 0.717) is 6.04 Å². The van der Waals surface area contributed by atoms with Gasteiger partial charge in [-0.3, -0.25) is 0 Å². The highest BCUT2D eigenvalue weighted by atomic mass is 14.9. The fourth-order valence-corrected chi connectivity index (χ4v) is 3.83. The van der Waals surface area contributed by atoms with E-state index in [4.69, 9.17) is 0 Å². The van der Waals surface area contributed by atoms with Gasteiger partial charge in [0.25, 0.3) is 0 Å². The van der Waals surface area contributed by atoms with E-state index >= 15 is 0 Å². The monoisotopic (exact) mass is 269 g/mol. The molecule has 0 spiro atoms. The zero-order valence-corrected chi connectivity index (χ0v) is 13.2. The average molecular weight is 269 g/mol. The maximum Gasteiger partial charge on any atom is 0.0342 e. The number of hydrogen-bond acceptors (Lipinski definition) is 1. The second-order valence-corrected chi connectivity index (χ2v) is 7.70.